The number of carbonyl (C=O) groups is 1. The second-order valence-electron chi connectivity index (χ2n) is 5.84. The minimum absolute atomic E-state index is 0.268. The Morgan fingerprint density at radius 3 is 2.33 bits per heavy atom. The Hall–Kier alpha value is -0.710. The van der Waals surface area contributed by atoms with Gasteiger partial charge in [0.2, 0.25) is 6.43 Å². The molecule has 0 radical (unpaired) electrons. The van der Waals surface area contributed by atoms with Crippen LogP contribution in [0.25, 0.3) is 0 Å². The number of hydrogen-bond acceptors (Lipinski definition) is 2. The molecule has 0 amide bonds. The monoisotopic (exact) mass is 263 g/mol. The van der Waals surface area contributed by atoms with Crippen molar-refractivity contribution in [3.8, 4) is 0 Å². The van der Waals surface area contributed by atoms with Crippen LogP contribution < -0.4 is 5.32 Å². The average Bonchev–Trinajstić information content (AvgIpc) is 2.29. The number of nitrogens with one attached hydrogen (secondary N) is 1. The number of halogens is 2. The van der Waals surface area contributed by atoms with Crippen LogP contribution in [0.5, 0.6) is 0 Å². The predicted octanol–water partition coefficient (Wildman–Crippen LogP) is 2.90. The summed E-state index contributed by atoms with van der Waals surface area (Å²) in [5.74, 6) is -1.25. The molecule has 0 aromatic rings. The summed E-state index contributed by atoms with van der Waals surface area (Å²) < 4.78 is 24.9. The van der Waals surface area contributed by atoms with Gasteiger partial charge in [0.1, 0.15) is 0 Å². The highest BCUT2D eigenvalue weighted by atomic mass is 19.3. The van der Waals surface area contributed by atoms with Gasteiger partial charge in [-0.25, -0.2) is 8.78 Å². The first-order valence-electron chi connectivity index (χ1n) is 6.58. The molecule has 18 heavy (non-hydrogen) atoms. The normalized spacial score (nSPS) is 25.4. The fourth-order valence-electron chi connectivity index (χ4n) is 2.27. The van der Waals surface area contributed by atoms with Gasteiger partial charge in [-0.15, -0.1) is 0 Å². The summed E-state index contributed by atoms with van der Waals surface area (Å²) in [6, 6.07) is 0.268. The van der Waals surface area contributed by atoms with E-state index < -0.39 is 23.7 Å². The van der Waals surface area contributed by atoms with Crippen molar-refractivity contribution in [2.24, 2.45) is 11.3 Å². The van der Waals surface area contributed by atoms with Gasteiger partial charge in [0.25, 0.3) is 0 Å². The van der Waals surface area contributed by atoms with Crippen LogP contribution in [-0.4, -0.2) is 30.1 Å². The molecule has 0 unspecified atom stereocenters. The highest BCUT2D eigenvalue weighted by molar-refractivity contribution is 5.73. The third-order valence-electron chi connectivity index (χ3n) is 3.89. The summed E-state index contributed by atoms with van der Waals surface area (Å²) in [5.41, 5.74) is -0.729. The largest absolute Gasteiger partial charge is 0.481 e. The SMILES string of the molecule is CC(C)(CCNC1CCC(C(F)F)CC1)C(=O)O. The zero-order chi connectivity index (χ0) is 13.8. The lowest BCUT2D eigenvalue weighted by Gasteiger charge is -2.29. The molecule has 1 aliphatic carbocycles. The lowest BCUT2D eigenvalue weighted by atomic mass is 9.85. The first kappa shape index (κ1) is 15.3. The lowest BCUT2D eigenvalue weighted by Crippen LogP contribution is -2.37. The molecule has 0 heterocycles. The summed E-state index contributed by atoms with van der Waals surface area (Å²) in [7, 11) is 0. The number of alkyl halides is 2. The van der Waals surface area contributed by atoms with Crippen LogP contribution in [0.3, 0.4) is 0 Å². The molecule has 0 aliphatic heterocycles. The van der Waals surface area contributed by atoms with E-state index in [0.717, 1.165) is 12.8 Å². The zero-order valence-corrected chi connectivity index (χ0v) is 11.1. The molecule has 0 spiro atoms. The molecule has 1 fully saturated rings. The number of carboxylic acids is 1. The average molecular weight is 263 g/mol. The Balaban J connectivity index is 2.21. The molecule has 5 heteroatoms. The molecule has 1 aliphatic rings. The summed E-state index contributed by atoms with van der Waals surface area (Å²) in [6.07, 6.45) is 1.02. The standard InChI is InChI=1S/C13H23F2NO2/c1-13(2,12(17)18)7-8-16-10-5-3-9(4-6-10)11(14)15/h9-11,16H,3-8H2,1-2H3,(H,17,18). The first-order chi connectivity index (χ1) is 8.33. The molecule has 0 aromatic heterocycles. The van der Waals surface area contributed by atoms with Gasteiger partial charge in [-0.05, 0) is 52.5 Å². The van der Waals surface area contributed by atoms with Crippen molar-refractivity contribution >= 4 is 5.97 Å². The Labute approximate surface area is 107 Å². The molecule has 0 bridgehead atoms. The second-order valence-corrected chi connectivity index (χ2v) is 5.84. The van der Waals surface area contributed by atoms with Gasteiger partial charge in [-0.1, -0.05) is 0 Å². The van der Waals surface area contributed by atoms with E-state index in [1.807, 2.05) is 0 Å². The van der Waals surface area contributed by atoms with Gasteiger partial charge < -0.3 is 10.4 Å². The molecule has 0 atom stereocenters. The van der Waals surface area contributed by atoms with Crippen molar-refractivity contribution in [1.29, 1.82) is 0 Å². The molecular weight excluding hydrogens is 240 g/mol. The third kappa shape index (κ3) is 4.52. The molecule has 1 saturated carbocycles. The quantitative estimate of drug-likeness (QED) is 0.774. The number of carboxylic acid groups (broad SMARTS) is 1. The van der Waals surface area contributed by atoms with Crippen LogP contribution in [0.15, 0.2) is 0 Å². The predicted molar refractivity (Wildman–Crippen MR) is 65.8 cm³/mol. The minimum atomic E-state index is -2.20. The van der Waals surface area contributed by atoms with Crippen LogP contribution in [0.2, 0.25) is 0 Å². The summed E-state index contributed by atoms with van der Waals surface area (Å²) in [6.45, 7) is 4.03. The Bertz CT molecular complexity index is 274. The summed E-state index contributed by atoms with van der Waals surface area (Å²) in [5, 5.41) is 12.2. The molecule has 0 saturated heterocycles. The zero-order valence-electron chi connectivity index (χ0n) is 11.1. The van der Waals surface area contributed by atoms with Crippen LogP contribution in [0, 0.1) is 11.3 Å². The van der Waals surface area contributed by atoms with E-state index in [9.17, 15) is 13.6 Å². The Morgan fingerprint density at radius 2 is 1.89 bits per heavy atom. The van der Waals surface area contributed by atoms with Crippen molar-refractivity contribution in [2.45, 2.75) is 58.4 Å². The highest BCUT2D eigenvalue weighted by Crippen LogP contribution is 2.29. The number of aliphatic carboxylic acids is 1. The smallest absolute Gasteiger partial charge is 0.309 e. The highest BCUT2D eigenvalue weighted by Gasteiger charge is 2.29. The van der Waals surface area contributed by atoms with Crippen molar-refractivity contribution < 1.29 is 18.7 Å². The van der Waals surface area contributed by atoms with E-state index in [4.69, 9.17) is 5.11 Å². The van der Waals surface area contributed by atoms with Gasteiger partial charge in [-0.3, -0.25) is 4.79 Å². The Kier molecular flexibility index (Phi) is 5.50. The molecule has 1 rings (SSSR count). The van der Waals surface area contributed by atoms with Crippen LogP contribution >= 0.6 is 0 Å². The van der Waals surface area contributed by atoms with E-state index in [2.05, 4.69) is 5.32 Å². The van der Waals surface area contributed by atoms with Gasteiger partial charge in [0.15, 0.2) is 0 Å². The van der Waals surface area contributed by atoms with Crippen molar-refractivity contribution in [2.75, 3.05) is 6.54 Å². The fourth-order valence-corrected chi connectivity index (χ4v) is 2.27. The van der Waals surface area contributed by atoms with Crippen LogP contribution in [0.4, 0.5) is 8.78 Å². The van der Waals surface area contributed by atoms with E-state index in [1.165, 1.54) is 0 Å². The molecule has 0 aromatic carbocycles. The maximum Gasteiger partial charge on any atom is 0.309 e. The van der Waals surface area contributed by atoms with Crippen molar-refractivity contribution in [3.05, 3.63) is 0 Å². The summed E-state index contributed by atoms with van der Waals surface area (Å²) >= 11 is 0. The van der Waals surface area contributed by atoms with Gasteiger partial charge in [0.05, 0.1) is 5.41 Å². The Morgan fingerprint density at radius 1 is 1.33 bits per heavy atom. The van der Waals surface area contributed by atoms with E-state index in [-0.39, 0.29) is 6.04 Å². The summed E-state index contributed by atoms with van der Waals surface area (Å²) in [4.78, 5) is 10.9. The molecule has 2 N–H and O–H groups in total. The van der Waals surface area contributed by atoms with E-state index in [0.29, 0.717) is 25.8 Å². The van der Waals surface area contributed by atoms with Crippen molar-refractivity contribution in [1.82, 2.24) is 5.32 Å². The minimum Gasteiger partial charge on any atom is -0.481 e. The van der Waals surface area contributed by atoms with E-state index >= 15 is 0 Å². The molecule has 106 valence electrons. The third-order valence-corrected chi connectivity index (χ3v) is 3.89. The van der Waals surface area contributed by atoms with E-state index in [1.54, 1.807) is 13.8 Å². The van der Waals surface area contributed by atoms with Crippen molar-refractivity contribution in [3.63, 3.8) is 0 Å². The maximum atomic E-state index is 12.5. The fraction of sp³-hybridized carbons (Fsp3) is 0.923. The number of hydrogen-bond donors (Lipinski definition) is 2. The molecular formula is C13H23F2NO2. The number of rotatable bonds is 6. The van der Waals surface area contributed by atoms with Crippen LogP contribution in [-0.2, 0) is 4.79 Å². The van der Waals surface area contributed by atoms with Gasteiger partial charge in [0, 0.05) is 12.0 Å². The lowest BCUT2D eigenvalue weighted by molar-refractivity contribution is -0.147. The van der Waals surface area contributed by atoms with Gasteiger partial charge in [-0.2, -0.15) is 0 Å². The first-order valence-corrected chi connectivity index (χ1v) is 6.58. The maximum absolute atomic E-state index is 12.5. The van der Waals surface area contributed by atoms with Crippen LogP contribution in [0.1, 0.15) is 46.0 Å². The topological polar surface area (TPSA) is 49.3 Å². The second kappa shape index (κ2) is 6.45. The van der Waals surface area contributed by atoms with Gasteiger partial charge >= 0.3 is 5.97 Å². The molecule has 3 nitrogen and oxygen atoms in total.